The van der Waals surface area contributed by atoms with E-state index in [-0.39, 0.29) is 11.7 Å². The number of nitrogens with one attached hydrogen (secondary N) is 1. The average molecular weight is 419 g/mol. The van der Waals surface area contributed by atoms with Crippen molar-refractivity contribution in [2.24, 2.45) is 0 Å². The second kappa shape index (κ2) is 8.43. The molecule has 2 N–H and O–H groups in total. The van der Waals surface area contributed by atoms with Gasteiger partial charge in [-0.3, -0.25) is 9.78 Å². The highest BCUT2D eigenvalue weighted by Crippen LogP contribution is 2.38. The molecule has 1 atom stereocenters. The van der Waals surface area contributed by atoms with Crippen LogP contribution in [-0.4, -0.2) is 23.1 Å². The monoisotopic (exact) mass is 418 g/mol. The van der Waals surface area contributed by atoms with Crippen molar-refractivity contribution in [3.63, 3.8) is 0 Å². The number of hydrogen-bond donors (Lipinski definition) is 2. The molecular weight excluding hydrogens is 400 g/mol. The van der Waals surface area contributed by atoms with Crippen LogP contribution in [0.25, 0.3) is 10.9 Å². The molecule has 0 spiro atoms. The predicted octanol–water partition coefficient (Wildman–Crippen LogP) is 5.12. The maximum Gasteiger partial charge on any atom is 0.252 e. The van der Waals surface area contributed by atoms with Crippen molar-refractivity contribution in [1.82, 2.24) is 10.3 Å². The molecule has 1 aromatic heterocycles. The minimum Gasteiger partial charge on any atom is -0.505 e. The Morgan fingerprint density at radius 1 is 1.07 bits per heavy atom. The number of pyridine rings is 1. The lowest BCUT2D eigenvalue weighted by molar-refractivity contribution is 0.0942. The molecule has 0 radical (unpaired) electrons. The number of aromatic nitrogens is 1. The van der Waals surface area contributed by atoms with Crippen molar-refractivity contribution >= 4 is 28.4 Å². The fourth-order valence-corrected chi connectivity index (χ4v) is 3.66. The number of methoxy groups -OCH3 is 1. The van der Waals surface area contributed by atoms with E-state index in [1.807, 2.05) is 30.3 Å². The largest absolute Gasteiger partial charge is 0.505 e. The van der Waals surface area contributed by atoms with Gasteiger partial charge in [0.25, 0.3) is 5.91 Å². The zero-order valence-electron chi connectivity index (χ0n) is 16.2. The highest BCUT2D eigenvalue weighted by molar-refractivity contribution is 6.35. The molecule has 1 heterocycles. The van der Waals surface area contributed by atoms with Crippen LogP contribution >= 0.6 is 11.6 Å². The zero-order valence-corrected chi connectivity index (χ0v) is 16.9. The number of halogens is 1. The smallest absolute Gasteiger partial charge is 0.252 e. The number of aromatic hydroxyl groups is 1. The topological polar surface area (TPSA) is 71.5 Å². The van der Waals surface area contributed by atoms with Crippen LogP contribution in [0.4, 0.5) is 0 Å². The number of phenols is 1. The van der Waals surface area contributed by atoms with E-state index < -0.39 is 6.04 Å². The fourth-order valence-electron chi connectivity index (χ4n) is 3.39. The predicted molar refractivity (Wildman–Crippen MR) is 117 cm³/mol. The number of rotatable bonds is 5. The fraction of sp³-hybridized carbons (Fsp3) is 0.0833. The van der Waals surface area contributed by atoms with Gasteiger partial charge >= 0.3 is 0 Å². The first kappa shape index (κ1) is 19.7. The third-order valence-corrected chi connectivity index (χ3v) is 5.21. The molecular formula is C24H19ClN2O3. The van der Waals surface area contributed by atoms with E-state index in [4.69, 9.17) is 16.3 Å². The van der Waals surface area contributed by atoms with Crippen molar-refractivity contribution in [1.29, 1.82) is 0 Å². The van der Waals surface area contributed by atoms with Crippen molar-refractivity contribution in [3.8, 4) is 11.5 Å². The molecule has 0 aliphatic heterocycles. The molecule has 0 aliphatic carbocycles. The van der Waals surface area contributed by atoms with E-state index in [9.17, 15) is 9.90 Å². The summed E-state index contributed by atoms with van der Waals surface area (Å²) in [6.45, 7) is 0. The van der Waals surface area contributed by atoms with Crippen LogP contribution in [0.15, 0.2) is 79.0 Å². The van der Waals surface area contributed by atoms with E-state index in [0.29, 0.717) is 32.8 Å². The molecule has 0 bridgehead atoms. The normalized spacial score (nSPS) is 11.8. The first-order valence-electron chi connectivity index (χ1n) is 9.34. The minimum atomic E-state index is -0.631. The van der Waals surface area contributed by atoms with Gasteiger partial charge in [0.1, 0.15) is 17.0 Å². The van der Waals surface area contributed by atoms with Gasteiger partial charge in [-0.2, -0.15) is 0 Å². The Hall–Kier alpha value is -3.57. The van der Waals surface area contributed by atoms with Gasteiger partial charge in [0, 0.05) is 22.7 Å². The van der Waals surface area contributed by atoms with E-state index in [1.54, 1.807) is 55.8 Å². The summed E-state index contributed by atoms with van der Waals surface area (Å²) in [6, 6.07) is 20.9. The number of ether oxygens (including phenoxy) is 1. The quantitative estimate of drug-likeness (QED) is 0.471. The molecule has 1 amide bonds. The summed E-state index contributed by atoms with van der Waals surface area (Å²) in [5.74, 6) is 0.258. The first-order chi connectivity index (χ1) is 14.6. The second-order valence-electron chi connectivity index (χ2n) is 6.74. The highest BCUT2D eigenvalue weighted by Gasteiger charge is 2.24. The Balaban J connectivity index is 1.81. The lowest BCUT2D eigenvalue weighted by atomic mass is 9.95. The Bertz CT molecular complexity index is 1210. The summed E-state index contributed by atoms with van der Waals surface area (Å²) < 4.78 is 5.22. The summed E-state index contributed by atoms with van der Waals surface area (Å²) in [4.78, 5) is 17.3. The molecule has 150 valence electrons. The number of amides is 1. The third-order valence-electron chi connectivity index (χ3n) is 4.90. The molecule has 5 nitrogen and oxygen atoms in total. The van der Waals surface area contributed by atoms with Gasteiger partial charge in [-0.05, 0) is 42.0 Å². The standard InChI is InChI=1S/C24H19ClN2O3/c1-30-17-10-5-9-16(13-17)24(29)27-21(15-7-3-2-4-8-15)19-14-20(25)18-11-6-12-26-22(18)23(19)28/h2-14,21,28H,1H3,(H,27,29)/t21-/m0/s1. The summed E-state index contributed by atoms with van der Waals surface area (Å²) in [5.41, 5.74) is 2.10. The zero-order chi connectivity index (χ0) is 21.1. The molecule has 4 rings (SSSR count). The number of benzene rings is 3. The molecule has 4 aromatic rings. The van der Waals surface area contributed by atoms with Gasteiger partial charge < -0.3 is 15.2 Å². The van der Waals surface area contributed by atoms with Crippen LogP contribution in [0.3, 0.4) is 0 Å². The van der Waals surface area contributed by atoms with E-state index in [1.165, 1.54) is 0 Å². The van der Waals surface area contributed by atoms with Gasteiger partial charge in [-0.1, -0.05) is 48.0 Å². The van der Waals surface area contributed by atoms with Crippen LogP contribution in [0.2, 0.25) is 5.02 Å². The molecule has 3 aromatic carbocycles. The first-order valence-corrected chi connectivity index (χ1v) is 9.72. The second-order valence-corrected chi connectivity index (χ2v) is 7.15. The van der Waals surface area contributed by atoms with E-state index in [0.717, 1.165) is 5.56 Å². The van der Waals surface area contributed by atoms with Crippen LogP contribution in [0.1, 0.15) is 27.5 Å². The van der Waals surface area contributed by atoms with Gasteiger partial charge in [0.2, 0.25) is 0 Å². The van der Waals surface area contributed by atoms with Gasteiger partial charge in [0.15, 0.2) is 0 Å². The SMILES string of the molecule is COc1cccc(C(=O)N[C@@H](c2ccccc2)c2cc(Cl)c3cccnc3c2O)c1. The number of nitrogens with zero attached hydrogens (tertiary/aromatic N) is 1. The maximum absolute atomic E-state index is 13.0. The maximum atomic E-state index is 13.0. The molecule has 30 heavy (non-hydrogen) atoms. The lowest BCUT2D eigenvalue weighted by Gasteiger charge is -2.22. The van der Waals surface area contributed by atoms with Crippen molar-refractivity contribution < 1.29 is 14.6 Å². The van der Waals surface area contributed by atoms with Crippen LogP contribution in [0.5, 0.6) is 11.5 Å². The Morgan fingerprint density at radius 3 is 2.63 bits per heavy atom. The number of phenolic OH excluding ortho intramolecular Hbond substituents is 1. The molecule has 0 aliphatic rings. The summed E-state index contributed by atoms with van der Waals surface area (Å²) in [7, 11) is 1.55. The van der Waals surface area contributed by atoms with Crippen molar-refractivity contribution in [3.05, 3.63) is 101 Å². The molecule has 0 saturated carbocycles. The average Bonchev–Trinajstić information content (AvgIpc) is 2.80. The van der Waals surface area contributed by atoms with Crippen LogP contribution in [-0.2, 0) is 0 Å². The number of hydrogen-bond acceptors (Lipinski definition) is 4. The Labute approximate surface area is 178 Å². The highest BCUT2D eigenvalue weighted by atomic mass is 35.5. The number of fused-ring (bicyclic) bond motifs is 1. The van der Waals surface area contributed by atoms with Crippen LogP contribution in [0, 0.1) is 0 Å². The minimum absolute atomic E-state index is 0.0187. The third kappa shape index (κ3) is 3.80. The number of carbonyl (C=O) groups excluding carboxylic acids is 1. The van der Waals surface area contributed by atoms with E-state index in [2.05, 4.69) is 10.3 Å². The van der Waals surface area contributed by atoms with Gasteiger partial charge in [-0.25, -0.2) is 0 Å². The number of carbonyl (C=O) groups is 1. The van der Waals surface area contributed by atoms with Gasteiger partial charge in [-0.15, -0.1) is 0 Å². The lowest BCUT2D eigenvalue weighted by Crippen LogP contribution is -2.29. The Morgan fingerprint density at radius 2 is 1.87 bits per heavy atom. The van der Waals surface area contributed by atoms with Crippen molar-refractivity contribution in [2.75, 3.05) is 7.11 Å². The van der Waals surface area contributed by atoms with Crippen molar-refractivity contribution in [2.45, 2.75) is 6.04 Å². The Kier molecular flexibility index (Phi) is 5.55. The summed E-state index contributed by atoms with van der Waals surface area (Å²) in [6.07, 6.45) is 1.59. The van der Waals surface area contributed by atoms with Gasteiger partial charge in [0.05, 0.1) is 18.2 Å². The van der Waals surface area contributed by atoms with Crippen LogP contribution < -0.4 is 10.1 Å². The van der Waals surface area contributed by atoms with E-state index >= 15 is 0 Å². The molecule has 0 saturated heterocycles. The summed E-state index contributed by atoms with van der Waals surface area (Å²) in [5, 5.41) is 15.1. The molecule has 0 fully saturated rings. The molecule has 0 unspecified atom stereocenters. The molecule has 6 heteroatoms. The summed E-state index contributed by atoms with van der Waals surface area (Å²) >= 11 is 6.48.